The van der Waals surface area contributed by atoms with E-state index in [2.05, 4.69) is 35.6 Å². The van der Waals surface area contributed by atoms with Crippen LogP contribution < -0.4 is 26.4 Å². The van der Waals surface area contributed by atoms with Crippen LogP contribution in [0.3, 0.4) is 0 Å². The molecule has 9 rings (SSSR count). The maximum atomic E-state index is 14.3. The largest absolute Gasteiger partial charge is 0.573 e. The molecule has 5 fully saturated rings. The van der Waals surface area contributed by atoms with Gasteiger partial charge in [0.2, 0.25) is 23.6 Å². The zero-order valence-corrected chi connectivity index (χ0v) is 39.3. The van der Waals surface area contributed by atoms with E-state index in [9.17, 15) is 42.6 Å². The highest BCUT2D eigenvalue weighted by molar-refractivity contribution is 7.13. The Morgan fingerprint density at radius 3 is 2.19 bits per heavy atom. The molecule has 1 aromatic carbocycles. The summed E-state index contributed by atoms with van der Waals surface area (Å²) in [6, 6.07) is 6.60. The molecule has 360 valence electrons. The van der Waals surface area contributed by atoms with Crippen LogP contribution in [0.5, 0.6) is 5.75 Å². The molecule has 4 aromatic rings. The zero-order valence-electron chi connectivity index (χ0n) is 38.5. The number of pyridine rings is 1. The van der Waals surface area contributed by atoms with Gasteiger partial charge < -0.3 is 46.1 Å². The molecule has 20 heteroatoms. The fourth-order valence-electron chi connectivity index (χ4n) is 10.0. The SMILES string of the molecule is Cc1ncsc1-c1ccc([C@H](C)NC(=O)[C@@H]2C[C@@H](O)CN2C(=O)[C@@H](NC(=O)C2CC(C(=O)NC34CC(n5cc(-c6cnc(N)c(OC(F)(F)F)c6)nc5C(O)C(C)C)(C3)C4)C2)C(C)(C)C)cc1. The minimum Gasteiger partial charge on any atom is -0.402 e. The Labute approximate surface area is 390 Å². The van der Waals surface area contributed by atoms with Crippen LogP contribution in [0.15, 0.2) is 48.2 Å². The molecule has 2 bridgehead atoms. The number of alkyl halides is 3. The van der Waals surface area contributed by atoms with Gasteiger partial charge in [0.05, 0.1) is 39.5 Å². The van der Waals surface area contributed by atoms with Crippen LogP contribution in [0.2, 0.25) is 0 Å². The Bertz CT molecular complexity index is 2530. The molecular weight excluding hydrogens is 892 g/mol. The van der Waals surface area contributed by atoms with Gasteiger partial charge in [-0.05, 0) is 74.5 Å². The van der Waals surface area contributed by atoms with Gasteiger partial charge in [0.15, 0.2) is 11.6 Å². The van der Waals surface area contributed by atoms with Crippen LogP contribution in [-0.2, 0) is 24.7 Å². The van der Waals surface area contributed by atoms with E-state index in [1.54, 1.807) is 23.0 Å². The number of nitrogens with zero attached hydrogens (tertiary/aromatic N) is 5. The smallest absolute Gasteiger partial charge is 0.402 e. The summed E-state index contributed by atoms with van der Waals surface area (Å²) in [5.41, 5.74) is 9.04. The molecule has 16 nitrogen and oxygen atoms in total. The number of benzene rings is 1. The number of carbonyl (C=O) groups excluding carboxylic acids is 4. The molecule has 1 saturated heterocycles. The molecule has 4 amide bonds. The lowest BCUT2D eigenvalue weighted by Crippen LogP contribution is -2.79. The molecule has 4 heterocycles. The van der Waals surface area contributed by atoms with Gasteiger partial charge in [-0.1, -0.05) is 58.9 Å². The van der Waals surface area contributed by atoms with Crippen molar-refractivity contribution in [2.45, 2.75) is 135 Å². The van der Waals surface area contributed by atoms with Gasteiger partial charge in [-0.2, -0.15) is 0 Å². The Hall–Kier alpha value is -5.60. The van der Waals surface area contributed by atoms with Crippen molar-refractivity contribution in [3.05, 3.63) is 65.3 Å². The topological polar surface area (TPSA) is 227 Å². The van der Waals surface area contributed by atoms with Gasteiger partial charge in [0.25, 0.3) is 0 Å². The summed E-state index contributed by atoms with van der Waals surface area (Å²) >= 11 is 1.55. The van der Waals surface area contributed by atoms with E-state index < -0.39 is 82.4 Å². The van der Waals surface area contributed by atoms with Crippen LogP contribution in [0.4, 0.5) is 19.0 Å². The number of nitrogen functional groups attached to an aromatic ring is 1. The number of hydrogen-bond acceptors (Lipinski definition) is 12. The lowest BCUT2D eigenvalue weighted by atomic mass is 9.43. The number of anilines is 1. The molecule has 1 unspecified atom stereocenters. The fraction of sp³-hybridized carbons (Fsp3) is 0.553. The number of likely N-dealkylation sites (tertiary alicyclic amines) is 1. The molecule has 0 spiro atoms. The van der Waals surface area contributed by atoms with E-state index in [4.69, 9.17) is 5.73 Å². The van der Waals surface area contributed by atoms with Crippen molar-refractivity contribution in [2.75, 3.05) is 12.3 Å². The molecule has 5 aliphatic rings. The predicted molar refractivity (Wildman–Crippen MR) is 242 cm³/mol. The van der Waals surface area contributed by atoms with Crippen LogP contribution in [-0.4, -0.2) is 94.9 Å². The second-order valence-electron chi connectivity index (χ2n) is 20.4. The number of rotatable bonds is 14. The van der Waals surface area contributed by atoms with E-state index in [-0.39, 0.29) is 60.8 Å². The molecule has 1 aliphatic heterocycles. The van der Waals surface area contributed by atoms with Gasteiger partial charge in [0.1, 0.15) is 24.0 Å². The van der Waals surface area contributed by atoms with Crippen molar-refractivity contribution in [1.29, 1.82) is 0 Å². The Balaban J connectivity index is 0.858. The average Bonchev–Trinajstić information content (AvgIpc) is 3.95. The number of carbonyl (C=O) groups is 4. The standard InChI is InChI=1S/C47H58F3N9O7S/c1-23(2)35(61)39-55-32(30-14-34(38(51)52-16-30)66-47(48,49)50)18-59(39)46-19-45(20-46,21-46)57-41(63)29-12-28(13-29)40(62)56-37(44(5,6)7)43(65)58-17-31(60)15-33(58)42(64)54-24(3)26-8-10-27(11-9-26)36-25(4)53-22-67-36/h8-11,14,16,18,22-24,28-29,31,33,35,37,60-61H,12-13,15,17,19-21H2,1-7H3,(H2,51,52)(H,54,64)(H,56,62)(H,57,63)/t24-,28?,29?,31+,33-,35?,37+,45?,46?/m0/s1. The molecule has 67 heavy (non-hydrogen) atoms. The van der Waals surface area contributed by atoms with Crippen LogP contribution in [0, 0.1) is 30.1 Å². The first kappa shape index (κ1) is 47.9. The highest BCUT2D eigenvalue weighted by Crippen LogP contribution is 2.66. The van der Waals surface area contributed by atoms with Gasteiger partial charge in [-0.15, -0.1) is 24.5 Å². The third-order valence-electron chi connectivity index (χ3n) is 13.9. The molecule has 0 radical (unpaired) electrons. The number of nitrogens with two attached hydrogens (primary N) is 1. The summed E-state index contributed by atoms with van der Waals surface area (Å²) in [7, 11) is 0. The number of hydrogen-bond donors (Lipinski definition) is 6. The number of aromatic nitrogens is 4. The number of aryl methyl sites for hydroxylation is 1. The van der Waals surface area contributed by atoms with E-state index in [0.29, 0.717) is 25.1 Å². The van der Waals surface area contributed by atoms with E-state index in [1.807, 2.05) is 77.3 Å². The van der Waals surface area contributed by atoms with Crippen molar-refractivity contribution >= 4 is 40.8 Å². The minimum atomic E-state index is -4.98. The summed E-state index contributed by atoms with van der Waals surface area (Å²) in [6.07, 6.45) is -1.69. The maximum absolute atomic E-state index is 14.3. The first-order valence-electron chi connectivity index (χ1n) is 22.6. The first-order chi connectivity index (χ1) is 31.4. The third kappa shape index (κ3) is 9.48. The maximum Gasteiger partial charge on any atom is 0.573 e. The average molecular weight is 950 g/mol. The number of halogens is 3. The monoisotopic (exact) mass is 949 g/mol. The van der Waals surface area contributed by atoms with Crippen molar-refractivity contribution in [1.82, 2.24) is 40.4 Å². The minimum absolute atomic E-state index is 0.0530. The third-order valence-corrected chi connectivity index (χ3v) is 14.8. The normalized spacial score (nSPS) is 25.8. The summed E-state index contributed by atoms with van der Waals surface area (Å²) in [4.78, 5) is 70.6. The van der Waals surface area contributed by atoms with Crippen LogP contribution in [0.1, 0.15) is 109 Å². The molecule has 7 N–H and O–H groups in total. The number of thiazole rings is 1. The summed E-state index contributed by atoms with van der Waals surface area (Å²) in [5, 5.41) is 31.0. The van der Waals surface area contributed by atoms with Crippen molar-refractivity contribution in [3.8, 4) is 27.4 Å². The number of aliphatic hydroxyl groups excluding tert-OH is 2. The first-order valence-corrected chi connectivity index (χ1v) is 23.4. The molecule has 4 aliphatic carbocycles. The van der Waals surface area contributed by atoms with E-state index in [0.717, 1.165) is 27.8 Å². The van der Waals surface area contributed by atoms with Crippen molar-refractivity contribution in [2.24, 2.45) is 23.2 Å². The number of ether oxygens (including phenoxy) is 1. The fourth-order valence-corrected chi connectivity index (χ4v) is 10.8. The Kier molecular flexibility index (Phi) is 12.5. The number of imidazole rings is 1. The summed E-state index contributed by atoms with van der Waals surface area (Å²) in [5.74, 6) is -3.36. The van der Waals surface area contributed by atoms with Gasteiger partial charge in [-0.3, -0.25) is 19.2 Å². The Morgan fingerprint density at radius 1 is 0.940 bits per heavy atom. The lowest BCUT2D eigenvalue weighted by molar-refractivity contribution is -0.274. The second-order valence-corrected chi connectivity index (χ2v) is 21.3. The molecular formula is C47H58F3N9O7S. The molecule has 4 saturated carbocycles. The molecule has 3 aromatic heterocycles. The van der Waals surface area contributed by atoms with Gasteiger partial charge >= 0.3 is 6.36 Å². The van der Waals surface area contributed by atoms with Gasteiger partial charge in [-0.25, -0.2) is 15.0 Å². The van der Waals surface area contributed by atoms with Crippen molar-refractivity contribution < 1.29 is 47.3 Å². The zero-order chi connectivity index (χ0) is 48.5. The number of nitrogens with one attached hydrogen (secondary N) is 3. The Morgan fingerprint density at radius 2 is 1.60 bits per heavy atom. The van der Waals surface area contributed by atoms with E-state index in [1.165, 1.54) is 11.1 Å². The van der Waals surface area contributed by atoms with Crippen LogP contribution >= 0.6 is 11.3 Å². The highest BCUT2D eigenvalue weighted by atomic mass is 32.1. The summed E-state index contributed by atoms with van der Waals surface area (Å²) in [6.45, 7) is 12.9. The predicted octanol–water partition coefficient (Wildman–Crippen LogP) is 5.69. The van der Waals surface area contributed by atoms with Crippen molar-refractivity contribution in [3.63, 3.8) is 0 Å². The number of amides is 4. The van der Waals surface area contributed by atoms with Gasteiger partial charge in [0, 0.05) is 48.3 Å². The van der Waals surface area contributed by atoms with E-state index >= 15 is 0 Å². The quantitative estimate of drug-likeness (QED) is 0.0900. The lowest BCUT2D eigenvalue weighted by Gasteiger charge is -2.71. The molecule has 5 atom stereocenters. The summed E-state index contributed by atoms with van der Waals surface area (Å²) < 4.78 is 45.1. The highest BCUT2D eigenvalue weighted by Gasteiger charge is 2.70. The number of β-amino-alcohol motifs (C(OH)–C–C–N with tert-alkyl or cyclic N) is 1. The number of aliphatic hydroxyl groups is 2. The van der Waals surface area contributed by atoms with Crippen LogP contribution in [0.25, 0.3) is 21.7 Å². The second kappa shape index (κ2) is 17.5.